The maximum atomic E-state index is 13.3. The molecule has 1 aliphatic carbocycles. The quantitative estimate of drug-likeness (QED) is 0.559. The van der Waals surface area contributed by atoms with Crippen LogP contribution in [0.3, 0.4) is 0 Å². The minimum Gasteiger partial charge on any atom is -0.493 e. The number of nitrogens with two attached hydrogens (primary N) is 1. The molecule has 4 rings (SSSR count). The first-order valence-corrected chi connectivity index (χ1v) is 12.5. The van der Waals surface area contributed by atoms with Crippen LogP contribution in [0.25, 0.3) is 0 Å². The van der Waals surface area contributed by atoms with Gasteiger partial charge in [-0.1, -0.05) is 30.0 Å². The Hall–Kier alpha value is -3.23. The summed E-state index contributed by atoms with van der Waals surface area (Å²) >= 11 is 2.97. The molecule has 9 nitrogen and oxygen atoms in total. The standard InChI is InChI=1S/C23H25N5O4S2/c1-5-33-23-27-26-22(34-23)28-14-7-6-8-15(29)19(14)18(13(11-24)21(28)25)12-9-16(30-2)20(32-4)17(10-12)31-3/h9-10,18H,5-8,25H2,1-4H3. The summed E-state index contributed by atoms with van der Waals surface area (Å²) in [5.74, 6) is 1.74. The van der Waals surface area contributed by atoms with Crippen LogP contribution < -0.4 is 24.8 Å². The van der Waals surface area contributed by atoms with Crippen molar-refractivity contribution >= 4 is 34.0 Å². The molecule has 0 bridgehead atoms. The highest BCUT2D eigenvalue weighted by Crippen LogP contribution is 2.49. The molecule has 1 atom stereocenters. The zero-order chi connectivity index (χ0) is 24.4. The molecule has 1 aromatic carbocycles. The average molecular weight is 500 g/mol. The number of benzene rings is 1. The fourth-order valence-corrected chi connectivity index (χ4v) is 6.16. The van der Waals surface area contributed by atoms with Gasteiger partial charge in [0.1, 0.15) is 5.82 Å². The third-order valence-corrected chi connectivity index (χ3v) is 7.71. The number of aromatic nitrogens is 2. The van der Waals surface area contributed by atoms with E-state index in [2.05, 4.69) is 16.3 Å². The van der Waals surface area contributed by atoms with Crippen molar-refractivity contribution in [1.82, 2.24) is 10.2 Å². The molecule has 1 unspecified atom stereocenters. The van der Waals surface area contributed by atoms with Gasteiger partial charge in [0.2, 0.25) is 10.9 Å². The molecule has 0 saturated heterocycles. The second kappa shape index (κ2) is 9.95. The number of ether oxygens (including phenoxy) is 3. The van der Waals surface area contributed by atoms with Gasteiger partial charge in [-0.15, -0.1) is 10.2 Å². The summed E-state index contributed by atoms with van der Waals surface area (Å²) in [6.45, 7) is 2.04. The number of Topliss-reactive ketones (excluding diaryl/α,β-unsaturated/α-hetero) is 1. The van der Waals surface area contributed by atoms with E-state index in [1.54, 1.807) is 28.8 Å². The lowest BCUT2D eigenvalue weighted by Crippen LogP contribution is -2.38. The number of nitrogens with zero attached hydrogens (tertiary/aromatic N) is 4. The van der Waals surface area contributed by atoms with Crippen molar-refractivity contribution in [3.05, 3.63) is 40.4 Å². The number of nitriles is 1. The van der Waals surface area contributed by atoms with Gasteiger partial charge in [-0.2, -0.15) is 5.26 Å². The highest BCUT2D eigenvalue weighted by atomic mass is 32.2. The van der Waals surface area contributed by atoms with E-state index >= 15 is 0 Å². The van der Waals surface area contributed by atoms with Crippen LogP contribution in [0.5, 0.6) is 17.2 Å². The van der Waals surface area contributed by atoms with E-state index in [0.29, 0.717) is 52.8 Å². The third-order valence-electron chi connectivity index (χ3n) is 5.79. The van der Waals surface area contributed by atoms with Crippen molar-refractivity contribution in [2.75, 3.05) is 32.0 Å². The number of carbonyl (C=O) groups excluding carboxylic acids is 1. The molecule has 178 valence electrons. The monoisotopic (exact) mass is 499 g/mol. The molecule has 0 fully saturated rings. The van der Waals surface area contributed by atoms with Crippen LogP contribution in [-0.2, 0) is 4.79 Å². The first-order valence-electron chi connectivity index (χ1n) is 10.7. The van der Waals surface area contributed by atoms with Gasteiger partial charge < -0.3 is 19.9 Å². The molecule has 0 radical (unpaired) electrons. The fourth-order valence-electron chi connectivity index (χ4n) is 4.38. The number of carbonyl (C=O) groups is 1. The average Bonchev–Trinajstić information content (AvgIpc) is 3.30. The molecule has 0 amide bonds. The summed E-state index contributed by atoms with van der Waals surface area (Å²) in [6, 6.07) is 5.78. The zero-order valence-corrected chi connectivity index (χ0v) is 21.0. The summed E-state index contributed by atoms with van der Waals surface area (Å²) < 4.78 is 17.3. The molecule has 2 aromatic rings. The van der Waals surface area contributed by atoms with Crippen LogP contribution in [0.15, 0.2) is 39.1 Å². The molecule has 2 heterocycles. The molecule has 34 heavy (non-hydrogen) atoms. The number of hydrogen-bond donors (Lipinski definition) is 1. The van der Waals surface area contributed by atoms with Gasteiger partial charge in [-0.05, 0) is 36.3 Å². The van der Waals surface area contributed by atoms with E-state index in [4.69, 9.17) is 19.9 Å². The lowest BCUT2D eigenvalue weighted by molar-refractivity contribution is -0.116. The highest BCUT2D eigenvalue weighted by Gasteiger charge is 2.41. The summed E-state index contributed by atoms with van der Waals surface area (Å²) in [4.78, 5) is 15.0. The van der Waals surface area contributed by atoms with E-state index in [9.17, 15) is 10.1 Å². The van der Waals surface area contributed by atoms with Crippen molar-refractivity contribution in [1.29, 1.82) is 5.26 Å². The van der Waals surface area contributed by atoms with Crippen LogP contribution >= 0.6 is 23.1 Å². The van der Waals surface area contributed by atoms with Gasteiger partial charge in [0.25, 0.3) is 0 Å². The lowest BCUT2D eigenvalue weighted by atomic mass is 9.75. The van der Waals surface area contributed by atoms with Crippen molar-refractivity contribution in [3.63, 3.8) is 0 Å². The number of hydrogen-bond acceptors (Lipinski definition) is 11. The molecular weight excluding hydrogens is 474 g/mol. The SMILES string of the molecule is CCSc1nnc(N2C(N)=C(C#N)C(c3cc(OC)c(OC)c(OC)c3)C3=C2CCCC3=O)s1. The number of ketones is 1. The van der Waals surface area contributed by atoms with Gasteiger partial charge in [-0.25, -0.2) is 0 Å². The Morgan fingerprint density at radius 1 is 1.21 bits per heavy atom. The maximum absolute atomic E-state index is 13.3. The van der Waals surface area contributed by atoms with E-state index in [1.165, 1.54) is 32.7 Å². The van der Waals surface area contributed by atoms with Gasteiger partial charge in [0.05, 0.1) is 38.9 Å². The predicted molar refractivity (Wildman–Crippen MR) is 130 cm³/mol. The number of anilines is 1. The second-order valence-corrected chi connectivity index (χ2v) is 10.0. The molecule has 2 aliphatic rings. The van der Waals surface area contributed by atoms with Crippen LogP contribution in [-0.4, -0.2) is 43.1 Å². The van der Waals surface area contributed by atoms with Gasteiger partial charge in [0.15, 0.2) is 21.6 Å². The van der Waals surface area contributed by atoms with E-state index in [0.717, 1.165) is 15.8 Å². The highest BCUT2D eigenvalue weighted by molar-refractivity contribution is 8.01. The van der Waals surface area contributed by atoms with E-state index < -0.39 is 5.92 Å². The maximum Gasteiger partial charge on any atom is 0.219 e. The van der Waals surface area contributed by atoms with Gasteiger partial charge >= 0.3 is 0 Å². The smallest absolute Gasteiger partial charge is 0.219 e. The van der Waals surface area contributed by atoms with Crippen molar-refractivity contribution in [3.8, 4) is 23.3 Å². The van der Waals surface area contributed by atoms with Gasteiger partial charge in [-0.3, -0.25) is 9.69 Å². The Labute approximate surface area is 206 Å². The van der Waals surface area contributed by atoms with E-state index in [-0.39, 0.29) is 17.2 Å². The van der Waals surface area contributed by atoms with Crippen LogP contribution in [0.1, 0.15) is 37.7 Å². The second-order valence-electron chi connectivity index (χ2n) is 7.56. The predicted octanol–water partition coefficient (Wildman–Crippen LogP) is 3.98. The normalized spacial score (nSPS) is 18.0. The third kappa shape index (κ3) is 3.97. The number of thioether (sulfide) groups is 1. The Balaban J connectivity index is 1.94. The van der Waals surface area contributed by atoms with Crippen molar-refractivity contribution in [2.45, 2.75) is 36.4 Å². The molecule has 1 aliphatic heterocycles. The molecule has 2 N–H and O–H groups in total. The van der Waals surface area contributed by atoms with E-state index in [1.807, 2.05) is 6.92 Å². The van der Waals surface area contributed by atoms with Crippen molar-refractivity contribution in [2.24, 2.45) is 5.73 Å². The van der Waals surface area contributed by atoms with Gasteiger partial charge in [0, 0.05) is 17.7 Å². The number of methoxy groups -OCH3 is 3. The Kier molecular flexibility index (Phi) is 7.00. The summed E-state index contributed by atoms with van der Waals surface area (Å²) in [6.07, 6.45) is 1.73. The molecule has 0 spiro atoms. The fraction of sp³-hybridized carbons (Fsp3) is 0.391. The van der Waals surface area contributed by atoms with Crippen molar-refractivity contribution < 1.29 is 19.0 Å². The van der Waals surface area contributed by atoms with Crippen LogP contribution in [0.2, 0.25) is 0 Å². The van der Waals surface area contributed by atoms with Crippen LogP contribution in [0.4, 0.5) is 5.13 Å². The number of allylic oxidation sites excluding steroid dienone is 3. The molecule has 11 heteroatoms. The first kappa shape index (κ1) is 23.9. The zero-order valence-electron chi connectivity index (χ0n) is 19.4. The number of rotatable bonds is 7. The Morgan fingerprint density at radius 3 is 2.50 bits per heavy atom. The largest absolute Gasteiger partial charge is 0.493 e. The summed E-state index contributed by atoms with van der Waals surface area (Å²) in [7, 11) is 4.57. The lowest BCUT2D eigenvalue weighted by Gasteiger charge is -2.38. The van der Waals surface area contributed by atoms with Crippen LogP contribution in [0, 0.1) is 11.3 Å². The minimum atomic E-state index is -0.657. The first-order chi connectivity index (χ1) is 16.5. The summed E-state index contributed by atoms with van der Waals surface area (Å²) in [5.41, 5.74) is 8.85. The molecule has 0 saturated carbocycles. The summed E-state index contributed by atoms with van der Waals surface area (Å²) in [5, 5.41) is 19.3. The molecule has 1 aromatic heterocycles. The minimum absolute atomic E-state index is 0.0158. The molecular formula is C23H25N5O4S2. The topological polar surface area (TPSA) is 124 Å². The Morgan fingerprint density at radius 2 is 1.91 bits per heavy atom. The Bertz CT molecular complexity index is 1210.